The molecular weight excluding hydrogens is 330 g/mol. The number of imidazole rings is 1. The van der Waals surface area contributed by atoms with Crippen LogP contribution in [-0.4, -0.2) is 21.2 Å². The number of carbonyl (C=O) groups is 1. The Hall–Kier alpha value is -2.24. The van der Waals surface area contributed by atoms with E-state index >= 15 is 0 Å². The average Bonchev–Trinajstić information content (AvgIpc) is 2.97. The van der Waals surface area contributed by atoms with Crippen LogP contribution >= 0.6 is 23.4 Å². The molecule has 0 saturated heterocycles. The van der Waals surface area contributed by atoms with Gasteiger partial charge in [0.25, 0.3) is 0 Å². The maximum atomic E-state index is 11.1. The van der Waals surface area contributed by atoms with Gasteiger partial charge in [0.05, 0.1) is 17.6 Å². The van der Waals surface area contributed by atoms with Crippen LogP contribution in [0.2, 0.25) is 5.02 Å². The molecule has 3 rings (SSSR count). The van der Waals surface area contributed by atoms with Gasteiger partial charge in [-0.25, -0.2) is 4.98 Å². The molecule has 3 aromatic rings. The predicted molar refractivity (Wildman–Crippen MR) is 93.9 cm³/mol. The molecule has 1 aromatic heterocycles. The molecule has 0 aliphatic rings. The van der Waals surface area contributed by atoms with Crippen molar-refractivity contribution >= 4 is 29.3 Å². The molecule has 0 unspecified atom stereocenters. The van der Waals surface area contributed by atoms with Crippen LogP contribution in [-0.2, 0) is 4.79 Å². The van der Waals surface area contributed by atoms with Gasteiger partial charge in [0, 0.05) is 16.3 Å². The molecular formula is C17H14ClN3OS. The Bertz CT molecular complexity index is 833. The number of primary amides is 1. The largest absolute Gasteiger partial charge is 0.369 e. The summed E-state index contributed by atoms with van der Waals surface area (Å²) in [6, 6.07) is 17.5. The summed E-state index contributed by atoms with van der Waals surface area (Å²) < 4.78 is 1.98. The number of hydrogen-bond donors (Lipinski definition) is 1. The van der Waals surface area contributed by atoms with Crippen LogP contribution in [0.15, 0.2) is 66.0 Å². The zero-order chi connectivity index (χ0) is 16.2. The topological polar surface area (TPSA) is 60.9 Å². The van der Waals surface area contributed by atoms with Gasteiger partial charge in [0.1, 0.15) is 0 Å². The highest BCUT2D eigenvalue weighted by Crippen LogP contribution is 2.30. The molecule has 1 heterocycles. The maximum Gasteiger partial charge on any atom is 0.227 e. The number of aromatic nitrogens is 2. The van der Waals surface area contributed by atoms with Crippen molar-refractivity contribution in [3.63, 3.8) is 0 Å². The molecule has 0 fully saturated rings. The molecule has 116 valence electrons. The summed E-state index contributed by atoms with van der Waals surface area (Å²) >= 11 is 7.43. The van der Waals surface area contributed by atoms with Gasteiger partial charge in [0.2, 0.25) is 5.91 Å². The Morgan fingerprint density at radius 1 is 1.17 bits per heavy atom. The molecule has 2 N–H and O–H groups in total. The summed E-state index contributed by atoms with van der Waals surface area (Å²) in [5.41, 5.74) is 8.11. The molecule has 0 radical (unpaired) electrons. The first-order valence-electron chi connectivity index (χ1n) is 6.95. The van der Waals surface area contributed by atoms with Crippen molar-refractivity contribution < 1.29 is 4.79 Å². The molecule has 4 nitrogen and oxygen atoms in total. The number of nitrogens with zero attached hydrogens (tertiary/aromatic N) is 2. The van der Waals surface area contributed by atoms with E-state index in [1.807, 2.05) is 59.2 Å². The van der Waals surface area contributed by atoms with Gasteiger partial charge in [0.15, 0.2) is 5.16 Å². The molecule has 0 aliphatic carbocycles. The summed E-state index contributed by atoms with van der Waals surface area (Å²) in [7, 11) is 0. The summed E-state index contributed by atoms with van der Waals surface area (Å²) in [5, 5.41) is 1.34. The first-order chi connectivity index (χ1) is 11.1. The van der Waals surface area contributed by atoms with E-state index < -0.39 is 0 Å². The van der Waals surface area contributed by atoms with Crippen LogP contribution < -0.4 is 5.73 Å². The van der Waals surface area contributed by atoms with Crippen molar-refractivity contribution in [3.05, 3.63) is 65.8 Å². The van der Waals surface area contributed by atoms with Crippen molar-refractivity contribution in [1.82, 2.24) is 9.55 Å². The fourth-order valence-corrected chi connectivity index (χ4v) is 3.17. The summed E-state index contributed by atoms with van der Waals surface area (Å²) in [4.78, 5) is 15.5. The van der Waals surface area contributed by atoms with Crippen LogP contribution in [0.1, 0.15) is 0 Å². The Labute approximate surface area is 143 Å². The molecule has 0 saturated carbocycles. The second-order valence-electron chi connectivity index (χ2n) is 4.86. The van der Waals surface area contributed by atoms with Crippen LogP contribution in [0.3, 0.4) is 0 Å². The number of amides is 1. The molecule has 0 atom stereocenters. The number of thioether (sulfide) groups is 1. The Morgan fingerprint density at radius 2 is 1.96 bits per heavy atom. The second-order valence-corrected chi connectivity index (χ2v) is 6.24. The molecule has 0 spiro atoms. The number of rotatable bonds is 5. The lowest BCUT2D eigenvalue weighted by Crippen LogP contribution is -2.13. The lowest BCUT2D eigenvalue weighted by atomic mass is 10.1. The average molecular weight is 344 g/mol. The summed E-state index contributed by atoms with van der Waals surface area (Å²) in [5.74, 6) is -0.205. The van der Waals surface area contributed by atoms with E-state index in [2.05, 4.69) is 4.98 Å². The van der Waals surface area contributed by atoms with Gasteiger partial charge in [-0.1, -0.05) is 59.8 Å². The zero-order valence-electron chi connectivity index (χ0n) is 12.1. The molecule has 0 bridgehead atoms. The van der Waals surface area contributed by atoms with Gasteiger partial charge in [-0.15, -0.1) is 0 Å². The number of halogens is 1. The van der Waals surface area contributed by atoms with Crippen LogP contribution in [0, 0.1) is 0 Å². The van der Waals surface area contributed by atoms with Crippen molar-refractivity contribution in [2.75, 3.05) is 5.75 Å². The van der Waals surface area contributed by atoms with Crippen LogP contribution in [0.25, 0.3) is 16.9 Å². The molecule has 2 aromatic carbocycles. The van der Waals surface area contributed by atoms with Gasteiger partial charge in [-0.3, -0.25) is 9.36 Å². The summed E-state index contributed by atoms with van der Waals surface area (Å²) in [6.45, 7) is 0. The van der Waals surface area contributed by atoms with E-state index in [1.165, 1.54) is 11.8 Å². The predicted octanol–water partition coefficient (Wildman–Crippen LogP) is 3.77. The minimum Gasteiger partial charge on any atom is -0.369 e. The second kappa shape index (κ2) is 6.89. The lowest BCUT2D eigenvalue weighted by Gasteiger charge is -2.12. The Kier molecular flexibility index (Phi) is 4.69. The Balaban J connectivity index is 2.12. The first-order valence-corrected chi connectivity index (χ1v) is 8.32. The van der Waals surface area contributed by atoms with Crippen molar-refractivity contribution in [3.8, 4) is 16.9 Å². The maximum absolute atomic E-state index is 11.1. The molecule has 0 aliphatic heterocycles. The van der Waals surface area contributed by atoms with Gasteiger partial charge in [-0.05, 0) is 18.2 Å². The van der Waals surface area contributed by atoms with E-state index in [-0.39, 0.29) is 11.7 Å². The number of carbonyl (C=O) groups excluding carboxylic acids is 1. The normalized spacial score (nSPS) is 10.7. The third-order valence-electron chi connectivity index (χ3n) is 3.21. The molecule has 6 heteroatoms. The van der Waals surface area contributed by atoms with Crippen molar-refractivity contribution in [2.24, 2.45) is 5.73 Å². The third-order valence-corrected chi connectivity index (χ3v) is 4.42. The van der Waals surface area contributed by atoms with E-state index in [0.717, 1.165) is 16.9 Å². The third kappa shape index (κ3) is 3.57. The lowest BCUT2D eigenvalue weighted by molar-refractivity contribution is -0.115. The molecule has 1 amide bonds. The first kappa shape index (κ1) is 15.6. The standard InChI is InChI=1S/C17H14ClN3OS/c18-13-7-4-8-14(9-13)21-15(12-5-2-1-3-6-12)10-20-17(21)23-11-16(19)22/h1-10H,11H2,(H2,19,22). The van der Waals surface area contributed by atoms with Crippen molar-refractivity contribution in [1.29, 1.82) is 0 Å². The number of nitrogens with two attached hydrogens (primary N) is 1. The minimum absolute atomic E-state index is 0.172. The van der Waals surface area contributed by atoms with E-state index in [1.54, 1.807) is 6.20 Å². The van der Waals surface area contributed by atoms with Gasteiger partial charge in [-0.2, -0.15) is 0 Å². The van der Waals surface area contributed by atoms with Crippen LogP contribution in [0.5, 0.6) is 0 Å². The van der Waals surface area contributed by atoms with Crippen molar-refractivity contribution in [2.45, 2.75) is 5.16 Å². The SMILES string of the molecule is NC(=O)CSc1ncc(-c2ccccc2)n1-c1cccc(Cl)c1. The quantitative estimate of drug-likeness (QED) is 0.717. The fraction of sp³-hybridized carbons (Fsp3) is 0.0588. The van der Waals surface area contributed by atoms with E-state index in [9.17, 15) is 4.79 Å². The van der Waals surface area contributed by atoms with Gasteiger partial charge >= 0.3 is 0 Å². The number of hydrogen-bond acceptors (Lipinski definition) is 3. The van der Waals surface area contributed by atoms with Gasteiger partial charge < -0.3 is 5.73 Å². The Morgan fingerprint density at radius 3 is 2.65 bits per heavy atom. The highest BCUT2D eigenvalue weighted by Gasteiger charge is 2.15. The summed E-state index contributed by atoms with van der Waals surface area (Å²) in [6.07, 6.45) is 1.79. The zero-order valence-corrected chi connectivity index (χ0v) is 13.7. The smallest absolute Gasteiger partial charge is 0.227 e. The van der Waals surface area contributed by atoms with E-state index in [0.29, 0.717) is 10.2 Å². The van der Waals surface area contributed by atoms with Crippen LogP contribution in [0.4, 0.5) is 0 Å². The minimum atomic E-state index is -0.378. The highest BCUT2D eigenvalue weighted by molar-refractivity contribution is 7.99. The fourth-order valence-electron chi connectivity index (χ4n) is 2.25. The monoisotopic (exact) mass is 343 g/mol. The highest BCUT2D eigenvalue weighted by atomic mass is 35.5. The van der Waals surface area contributed by atoms with E-state index in [4.69, 9.17) is 17.3 Å². The molecule has 23 heavy (non-hydrogen) atoms. The number of benzene rings is 2.